The molecule has 1 aliphatic heterocycles. The molecule has 1 aromatic carbocycles. The highest BCUT2D eigenvalue weighted by molar-refractivity contribution is 7.16. The Labute approximate surface area is 161 Å². The molecule has 0 saturated heterocycles. The average Bonchev–Trinajstić information content (AvgIpc) is 3.07. The standard InChI is InChI=1S/C21H19N3O2S/c1-21(2,3)15-10-19(25)24-17-9-13(5-6-14(15)17)23-20(26)12-4-7-16-18(8-12)27-11-22-16/h4-11,14H,1-3H3,(H,24,25). The molecule has 5 nitrogen and oxygen atoms in total. The third-order valence-electron chi connectivity index (χ3n) is 4.66. The average molecular weight is 377 g/mol. The molecule has 0 saturated carbocycles. The number of carbonyl (C=O) groups is 2. The smallest absolute Gasteiger partial charge is 0.277 e. The lowest BCUT2D eigenvalue weighted by molar-refractivity contribution is -0.116. The predicted octanol–water partition coefficient (Wildman–Crippen LogP) is 4.05. The molecule has 2 amide bonds. The number of thiazole rings is 1. The molecule has 0 radical (unpaired) electrons. The number of rotatable bonds is 1. The van der Waals surface area contributed by atoms with E-state index in [9.17, 15) is 9.59 Å². The molecule has 1 unspecified atom stereocenters. The van der Waals surface area contributed by atoms with E-state index in [1.54, 1.807) is 23.7 Å². The largest absolute Gasteiger partial charge is 0.325 e. The van der Waals surface area contributed by atoms with Crippen molar-refractivity contribution in [3.05, 3.63) is 64.8 Å². The third-order valence-corrected chi connectivity index (χ3v) is 5.45. The van der Waals surface area contributed by atoms with Crippen molar-refractivity contribution in [3.63, 3.8) is 0 Å². The summed E-state index contributed by atoms with van der Waals surface area (Å²) in [6, 6.07) is 5.37. The van der Waals surface area contributed by atoms with Gasteiger partial charge in [0.05, 0.1) is 21.4 Å². The highest BCUT2D eigenvalue weighted by atomic mass is 32.1. The lowest BCUT2D eigenvalue weighted by Crippen LogP contribution is -2.36. The van der Waals surface area contributed by atoms with Crippen molar-refractivity contribution in [2.24, 2.45) is 16.3 Å². The molecule has 0 fully saturated rings. The van der Waals surface area contributed by atoms with Gasteiger partial charge in [-0.2, -0.15) is 0 Å². The Morgan fingerprint density at radius 3 is 2.85 bits per heavy atom. The minimum atomic E-state index is -0.311. The monoisotopic (exact) mass is 377 g/mol. The number of aromatic nitrogens is 1. The van der Waals surface area contributed by atoms with Gasteiger partial charge in [-0.1, -0.05) is 26.8 Å². The predicted molar refractivity (Wildman–Crippen MR) is 108 cm³/mol. The highest BCUT2D eigenvalue weighted by Gasteiger charge is 2.32. The van der Waals surface area contributed by atoms with E-state index in [0.29, 0.717) is 11.3 Å². The van der Waals surface area contributed by atoms with Crippen molar-refractivity contribution < 1.29 is 9.59 Å². The first-order chi connectivity index (χ1) is 12.8. The van der Waals surface area contributed by atoms with Crippen LogP contribution in [0.4, 0.5) is 0 Å². The number of allylic oxidation sites excluding steroid dienone is 3. The number of hydrogen-bond donors (Lipinski definition) is 1. The second kappa shape index (κ2) is 6.39. The Morgan fingerprint density at radius 2 is 2.07 bits per heavy atom. The van der Waals surface area contributed by atoms with Crippen molar-refractivity contribution in [2.75, 3.05) is 0 Å². The van der Waals surface area contributed by atoms with Crippen molar-refractivity contribution in [3.8, 4) is 0 Å². The van der Waals surface area contributed by atoms with Gasteiger partial charge in [0.1, 0.15) is 0 Å². The quantitative estimate of drug-likeness (QED) is 0.815. The molecule has 1 N–H and O–H groups in total. The van der Waals surface area contributed by atoms with Crippen LogP contribution in [0.5, 0.6) is 0 Å². The van der Waals surface area contributed by atoms with E-state index in [2.05, 4.69) is 36.1 Å². The van der Waals surface area contributed by atoms with E-state index in [-0.39, 0.29) is 23.1 Å². The lowest BCUT2D eigenvalue weighted by atomic mass is 9.74. The summed E-state index contributed by atoms with van der Waals surface area (Å²) in [6.45, 7) is 6.27. The topological polar surface area (TPSA) is 71.4 Å². The zero-order valence-corrected chi connectivity index (χ0v) is 16.1. The number of hydrogen-bond acceptors (Lipinski definition) is 4. The molecule has 1 aromatic heterocycles. The summed E-state index contributed by atoms with van der Waals surface area (Å²) in [7, 11) is 0. The molecular weight excluding hydrogens is 358 g/mol. The summed E-state index contributed by atoms with van der Waals surface area (Å²) in [5.74, 6) is -0.446. The normalized spacial score (nSPS) is 20.9. The molecule has 0 bridgehead atoms. The van der Waals surface area contributed by atoms with Gasteiger partial charge < -0.3 is 5.32 Å². The molecule has 2 aliphatic rings. The van der Waals surface area contributed by atoms with Gasteiger partial charge in [0.25, 0.3) is 5.91 Å². The van der Waals surface area contributed by atoms with Crippen LogP contribution in [0.3, 0.4) is 0 Å². The first-order valence-electron chi connectivity index (χ1n) is 8.70. The van der Waals surface area contributed by atoms with E-state index in [1.807, 2.05) is 24.3 Å². The third kappa shape index (κ3) is 3.40. The first-order valence-corrected chi connectivity index (χ1v) is 9.58. The molecule has 6 heteroatoms. The molecule has 4 rings (SSSR count). The molecular formula is C21H19N3O2S. The van der Waals surface area contributed by atoms with Crippen LogP contribution in [0, 0.1) is 11.3 Å². The summed E-state index contributed by atoms with van der Waals surface area (Å²) in [5, 5.41) is 2.88. The van der Waals surface area contributed by atoms with Crippen LogP contribution in [0.2, 0.25) is 0 Å². The minimum Gasteiger partial charge on any atom is -0.325 e. The summed E-state index contributed by atoms with van der Waals surface area (Å²) in [6.07, 6.45) is 7.28. The van der Waals surface area contributed by atoms with Gasteiger partial charge in [-0.25, -0.2) is 9.98 Å². The van der Waals surface area contributed by atoms with E-state index < -0.39 is 0 Å². The van der Waals surface area contributed by atoms with Crippen LogP contribution in [-0.4, -0.2) is 22.5 Å². The van der Waals surface area contributed by atoms with Gasteiger partial charge in [0.15, 0.2) is 0 Å². The van der Waals surface area contributed by atoms with Crippen molar-refractivity contribution in [1.82, 2.24) is 10.3 Å². The number of nitrogens with one attached hydrogen (secondary N) is 1. The Hall–Kier alpha value is -2.86. The Kier molecular flexibility index (Phi) is 4.15. The maximum Gasteiger partial charge on any atom is 0.277 e. The number of benzene rings is 1. The summed E-state index contributed by atoms with van der Waals surface area (Å²) in [5.41, 5.74) is 5.38. The van der Waals surface area contributed by atoms with Gasteiger partial charge in [0, 0.05) is 23.3 Å². The van der Waals surface area contributed by atoms with E-state index in [1.165, 1.54) is 11.3 Å². The van der Waals surface area contributed by atoms with Gasteiger partial charge in [-0.05, 0) is 41.3 Å². The zero-order chi connectivity index (χ0) is 19.2. The Bertz CT molecular complexity index is 1080. The number of aliphatic imine (C=N–C) groups is 1. The van der Waals surface area contributed by atoms with Gasteiger partial charge in [0.2, 0.25) is 5.91 Å². The molecule has 2 aromatic rings. The minimum absolute atomic E-state index is 0.00490. The molecule has 1 aliphatic carbocycles. The molecule has 2 heterocycles. The molecule has 136 valence electrons. The van der Waals surface area contributed by atoms with Crippen molar-refractivity contribution in [2.45, 2.75) is 20.8 Å². The maximum atomic E-state index is 12.6. The van der Waals surface area contributed by atoms with Crippen LogP contribution in [-0.2, 0) is 4.79 Å². The van der Waals surface area contributed by atoms with E-state index in [4.69, 9.17) is 0 Å². The SMILES string of the molecule is CC(C)(C)C1=CC(=O)NC2=CC(=NC(=O)c3ccc4ncsc4c3)C=CC21. The lowest BCUT2D eigenvalue weighted by Gasteiger charge is -2.34. The molecule has 0 spiro atoms. The Balaban J connectivity index is 1.64. The molecule has 1 atom stereocenters. The zero-order valence-electron chi connectivity index (χ0n) is 15.3. The van der Waals surface area contributed by atoms with Gasteiger partial charge in [-0.15, -0.1) is 11.3 Å². The van der Waals surface area contributed by atoms with Crippen LogP contribution in [0.1, 0.15) is 31.1 Å². The van der Waals surface area contributed by atoms with Crippen LogP contribution in [0.15, 0.2) is 64.3 Å². The fraction of sp³-hybridized carbons (Fsp3) is 0.238. The van der Waals surface area contributed by atoms with Crippen LogP contribution < -0.4 is 5.32 Å². The fourth-order valence-corrected chi connectivity index (χ4v) is 4.03. The second-order valence-corrected chi connectivity index (χ2v) is 8.54. The number of amides is 2. The first kappa shape index (κ1) is 17.5. The van der Waals surface area contributed by atoms with Gasteiger partial charge >= 0.3 is 0 Å². The number of fused-ring (bicyclic) bond motifs is 2. The van der Waals surface area contributed by atoms with Crippen molar-refractivity contribution in [1.29, 1.82) is 0 Å². The van der Waals surface area contributed by atoms with E-state index in [0.717, 1.165) is 21.5 Å². The fourth-order valence-electron chi connectivity index (χ4n) is 3.31. The second-order valence-electron chi connectivity index (χ2n) is 7.65. The Morgan fingerprint density at radius 1 is 1.26 bits per heavy atom. The molecule has 27 heavy (non-hydrogen) atoms. The summed E-state index contributed by atoms with van der Waals surface area (Å²) < 4.78 is 0.957. The maximum absolute atomic E-state index is 12.6. The van der Waals surface area contributed by atoms with Crippen LogP contribution >= 0.6 is 11.3 Å². The highest BCUT2D eigenvalue weighted by Crippen LogP contribution is 2.38. The van der Waals surface area contributed by atoms with Crippen molar-refractivity contribution >= 4 is 39.1 Å². The number of nitrogens with zero attached hydrogens (tertiary/aromatic N) is 2. The number of carbonyl (C=O) groups excluding carboxylic acids is 2. The van der Waals surface area contributed by atoms with E-state index >= 15 is 0 Å². The summed E-state index contributed by atoms with van der Waals surface area (Å²) in [4.78, 5) is 33.1. The van der Waals surface area contributed by atoms with Crippen LogP contribution in [0.25, 0.3) is 10.2 Å². The van der Waals surface area contributed by atoms with Gasteiger partial charge in [-0.3, -0.25) is 9.59 Å². The summed E-state index contributed by atoms with van der Waals surface area (Å²) >= 11 is 1.49.